The lowest BCUT2D eigenvalue weighted by Gasteiger charge is -2.25. The van der Waals surface area contributed by atoms with Crippen LogP contribution < -0.4 is 5.32 Å². The summed E-state index contributed by atoms with van der Waals surface area (Å²) in [5.41, 5.74) is 0. The Morgan fingerprint density at radius 1 is 0.957 bits per heavy atom. The smallest absolute Gasteiger partial charge is 0.303 e. The van der Waals surface area contributed by atoms with E-state index in [1.165, 1.54) is 44.9 Å². The first-order valence-electron chi connectivity index (χ1n) is 9.46. The van der Waals surface area contributed by atoms with Crippen LogP contribution in [0.3, 0.4) is 0 Å². The Labute approximate surface area is 142 Å². The first-order valence-corrected chi connectivity index (χ1v) is 9.46. The van der Waals surface area contributed by atoms with Crippen LogP contribution in [-0.4, -0.2) is 60.4 Å². The van der Waals surface area contributed by atoms with E-state index in [1.54, 1.807) is 0 Å². The van der Waals surface area contributed by atoms with Crippen LogP contribution in [0.25, 0.3) is 0 Å². The summed E-state index contributed by atoms with van der Waals surface area (Å²) in [6, 6.07) is 0. The number of carbonyl (C=O) groups is 1. The summed E-state index contributed by atoms with van der Waals surface area (Å²) in [5, 5.41) is 20.2. The Balaban J connectivity index is 0.000000459. The molecule has 0 aromatic heterocycles. The summed E-state index contributed by atoms with van der Waals surface area (Å²) in [4.78, 5) is 12.5. The number of carboxylic acids is 1. The van der Waals surface area contributed by atoms with Gasteiger partial charge >= 0.3 is 5.97 Å². The molecule has 1 rings (SSSR count). The van der Waals surface area contributed by atoms with E-state index in [-0.39, 0.29) is 0 Å². The lowest BCUT2D eigenvalue weighted by atomic mass is 10.1. The molecule has 0 aromatic carbocycles. The minimum atomic E-state index is -0.659. The van der Waals surface area contributed by atoms with Crippen LogP contribution in [0.1, 0.15) is 71.1 Å². The molecule has 0 unspecified atom stereocenters. The number of unbranched alkanes of at least 4 members (excludes halogenated alkanes) is 8. The van der Waals surface area contributed by atoms with Gasteiger partial charge in [-0.3, -0.25) is 9.69 Å². The van der Waals surface area contributed by atoms with E-state index in [9.17, 15) is 4.79 Å². The normalized spacial score (nSPS) is 15.0. The van der Waals surface area contributed by atoms with Crippen LogP contribution >= 0.6 is 0 Å². The van der Waals surface area contributed by atoms with E-state index in [0.29, 0.717) is 13.0 Å². The van der Waals surface area contributed by atoms with E-state index >= 15 is 0 Å². The van der Waals surface area contributed by atoms with Gasteiger partial charge in [-0.25, -0.2) is 0 Å². The predicted octanol–water partition coefficient (Wildman–Crippen LogP) is 2.88. The van der Waals surface area contributed by atoms with Gasteiger partial charge in [-0.15, -0.1) is 0 Å². The van der Waals surface area contributed by atoms with Crippen LogP contribution in [0, 0.1) is 0 Å². The number of aliphatic carboxylic acids is 1. The van der Waals surface area contributed by atoms with Gasteiger partial charge in [0.05, 0.1) is 6.61 Å². The molecule has 138 valence electrons. The zero-order chi connectivity index (χ0) is 17.2. The number of piperazine rings is 1. The fourth-order valence-electron chi connectivity index (χ4n) is 2.66. The summed E-state index contributed by atoms with van der Waals surface area (Å²) in [5.74, 6) is -0.659. The van der Waals surface area contributed by atoms with E-state index in [1.807, 2.05) is 0 Å². The lowest BCUT2D eigenvalue weighted by molar-refractivity contribution is -0.137. The number of hydrogen-bond donors (Lipinski definition) is 3. The summed E-state index contributed by atoms with van der Waals surface area (Å²) >= 11 is 0. The van der Waals surface area contributed by atoms with Gasteiger partial charge in [-0.1, -0.05) is 58.3 Å². The van der Waals surface area contributed by atoms with Crippen molar-refractivity contribution in [3.05, 3.63) is 0 Å². The average molecular weight is 331 g/mol. The molecule has 5 nitrogen and oxygen atoms in total. The van der Waals surface area contributed by atoms with Gasteiger partial charge < -0.3 is 15.5 Å². The summed E-state index contributed by atoms with van der Waals surface area (Å²) < 4.78 is 0. The monoisotopic (exact) mass is 330 g/mol. The molecule has 0 bridgehead atoms. The SMILES string of the molecule is CCCCCCCCCCCC(=O)O.OCCN1CCNCC1. The van der Waals surface area contributed by atoms with E-state index < -0.39 is 5.97 Å². The zero-order valence-electron chi connectivity index (χ0n) is 15.1. The van der Waals surface area contributed by atoms with Crippen LogP contribution in [-0.2, 0) is 4.79 Å². The number of carboxylic acid groups (broad SMARTS) is 1. The lowest BCUT2D eigenvalue weighted by Crippen LogP contribution is -2.44. The highest BCUT2D eigenvalue weighted by molar-refractivity contribution is 5.66. The molecule has 0 aromatic rings. The minimum absolute atomic E-state index is 0.292. The fraction of sp³-hybridized carbons (Fsp3) is 0.944. The van der Waals surface area contributed by atoms with Gasteiger partial charge in [0.25, 0.3) is 0 Å². The van der Waals surface area contributed by atoms with Gasteiger partial charge in [0.15, 0.2) is 0 Å². The third-order valence-corrected chi connectivity index (χ3v) is 4.12. The first kappa shape index (κ1) is 22.4. The highest BCUT2D eigenvalue weighted by Gasteiger charge is 2.06. The standard InChI is InChI=1S/C12H24O2.C6H14N2O/c1-2-3-4-5-6-7-8-9-10-11-12(13)14;9-6-5-8-3-1-7-2-4-8/h2-11H2,1H3,(H,13,14);7,9H,1-6H2. The van der Waals surface area contributed by atoms with Crippen molar-refractivity contribution in [1.29, 1.82) is 0 Å². The predicted molar refractivity (Wildman–Crippen MR) is 95.9 cm³/mol. The van der Waals surface area contributed by atoms with Crippen molar-refractivity contribution in [1.82, 2.24) is 10.2 Å². The average Bonchev–Trinajstić information content (AvgIpc) is 2.55. The van der Waals surface area contributed by atoms with Crippen LogP contribution in [0.5, 0.6) is 0 Å². The Kier molecular flexibility index (Phi) is 17.2. The largest absolute Gasteiger partial charge is 0.481 e. The molecule has 1 heterocycles. The number of nitrogens with one attached hydrogen (secondary N) is 1. The van der Waals surface area contributed by atoms with Crippen LogP contribution in [0.4, 0.5) is 0 Å². The number of nitrogens with zero attached hydrogens (tertiary/aromatic N) is 1. The van der Waals surface area contributed by atoms with Crippen molar-refractivity contribution in [2.75, 3.05) is 39.3 Å². The number of aliphatic hydroxyl groups is 1. The maximum atomic E-state index is 10.2. The van der Waals surface area contributed by atoms with Crippen molar-refractivity contribution in [3.8, 4) is 0 Å². The quantitative estimate of drug-likeness (QED) is 0.480. The summed E-state index contributed by atoms with van der Waals surface area (Å²) in [6.45, 7) is 7.66. The van der Waals surface area contributed by atoms with Crippen LogP contribution in [0.2, 0.25) is 0 Å². The molecule has 3 N–H and O–H groups in total. The molecule has 1 saturated heterocycles. The third-order valence-electron chi connectivity index (χ3n) is 4.12. The third kappa shape index (κ3) is 17.5. The van der Waals surface area contributed by atoms with Gasteiger partial charge in [0.1, 0.15) is 0 Å². The Bertz CT molecular complexity index is 254. The molecule has 0 saturated carbocycles. The Morgan fingerprint density at radius 2 is 1.48 bits per heavy atom. The number of aliphatic hydroxyl groups excluding tert-OH is 1. The maximum absolute atomic E-state index is 10.2. The van der Waals surface area contributed by atoms with Crippen molar-refractivity contribution < 1.29 is 15.0 Å². The molecule has 1 aliphatic rings. The van der Waals surface area contributed by atoms with Crippen LogP contribution in [0.15, 0.2) is 0 Å². The second-order valence-electron chi connectivity index (χ2n) is 6.29. The van der Waals surface area contributed by atoms with Crippen molar-refractivity contribution in [3.63, 3.8) is 0 Å². The topological polar surface area (TPSA) is 72.8 Å². The van der Waals surface area contributed by atoms with Gasteiger partial charge in [-0.2, -0.15) is 0 Å². The molecule has 0 atom stereocenters. The molecule has 5 heteroatoms. The maximum Gasteiger partial charge on any atom is 0.303 e. The van der Waals surface area contributed by atoms with E-state index in [2.05, 4.69) is 17.1 Å². The minimum Gasteiger partial charge on any atom is -0.481 e. The van der Waals surface area contributed by atoms with Crippen molar-refractivity contribution >= 4 is 5.97 Å². The molecular formula is C18H38N2O3. The molecular weight excluding hydrogens is 292 g/mol. The van der Waals surface area contributed by atoms with Gasteiger partial charge in [0, 0.05) is 39.1 Å². The Hall–Kier alpha value is -0.650. The second kappa shape index (κ2) is 17.7. The molecule has 23 heavy (non-hydrogen) atoms. The molecule has 1 aliphatic heterocycles. The molecule has 0 amide bonds. The van der Waals surface area contributed by atoms with Gasteiger partial charge in [0.2, 0.25) is 0 Å². The Morgan fingerprint density at radius 3 is 1.96 bits per heavy atom. The number of hydrogen-bond acceptors (Lipinski definition) is 4. The fourth-order valence-corrected chi connectivity index (χ4v) is 2.66. The van der Waals surface area contributed by atoms with Crippen molar-refractivity contribution in [2.45, 2.75) is 71.1 Å². The van der Waals surface area contributed by atoms with Gasteiger partial charge in [-0.05, 0) is 6.42 Å². The molecule has 0 aliphatic carbocycles. The molecule has 1 fully saturated rings. The second-order valence-corrected chi connectivity index (χ2v) is 6.29. The first-order chi connectivity index (χ1) is 11.2. The highest BCUT2D eigenvalue weighted by atomic mass is 16.4. The number of β-amino-alcohol motifs (C(OH)–C–C–N with tert-alkyl or cyclic N) is 1. The van der Waals surface area contributed by atoms with E-state index in [0.717, 1.165) is 45.6 Å². The highest BCUT2D eigenvalue weighted by Crippen LogP contribution is 2.10. The van der Waals surface area contributed by atoms with Crippen molar-refractivity contribution in [2.24, 2.45) is 0 Å². The molecule has 0 spiro atoms. The van der Waals surface area contributed by atoms with E-state index in [4.69, 9.17) is 10.2 Å². The molecule has 0 radical (unpaired) electrons. The summed E-state index contributed by atoms with van der Waals surface area (Å²) in [7, 11) is 0. The number of rotatable bonds is 12. The summed E-state index contributed by atoms with van der Waals surface area (Å²) in [6.07, 6.45) is 11.5. The zero-order valence-corrected chi connectivity index (χ0v) is 15.1.